The molecule has 13 nitrogen and oxygen atoms in total. The van der Waals surface area contributed by atoms with E-state index in [0.717, 1.165) is 45.8 Å². The summed E-state index contributed by atoms with van der Waals surface area (Å²) in [6, 6.07) is 7.49. The summed E-state index contributed by atoms with van der Waals surface area (Å²) in [6.45, 7) is 47.2. The van der Waals surface area contributed by atoms with E-state index in [1.54, 1.807) is 11.0 Å². The van der Waals surface area contributed by atoms with E-state index >= 15 is 0 Å². The number of hydrogen-bond donors (Lipinski definition) is 1. The van der Waals surface area contributed by atoms with E-state index in [2.05, 4.69) is 190 Å². The van der Waals surface area contributed by atoms with Crippen molar-refractivity contribution in [3.05, 3.63) is 99.9 Å². The lowest BCUT2D eigenvalue weighted by Crippen LogP contribution is -2.12. The molecule has 0 aliphatic heterocycles. The molecule has 0 saturated carbocycles. The predicted molar refractivity (Wildman–Crippen MR) is 269 cm³/mol. The van der Waals surface area contributed by atoms with Crippen molar-refractivity contribution in [3.8, 4) is 0 Å². The Hall–Kier alpha value is -5.02. The number of H-pyrrole nitrogens is 1. The molecule has 0 atom stereocenters. The molecule has 16 heteroatoms. The van der Waals surface area contributed by atoms with E-state index in [9.17, 15) is 13.2 Å². The van der Waals surface area contributed by atoms with Gasteiger partial charge in [-0.3, -0.25) is 19.1 Å². The van der Waals surface area contributed by atoms with Crippen LogP contribution < -0.4 is 0 Å². The maximum atomic E-state index is 12.4. The average molecular weight is 940 g/mol. The van der Waals surface area contributed by atoms with Gasteiger partial charge in [0.25, 0.3) is 0 Å². The smallest absolute Gasteiger partial charge is 0.340 e. The molecular formula is C51H88F3N13. The van der Waals surface area contributed by atoms with Crippen molar-refractivity contribution in [2.24, 2.45) is 28.2 Å². The van der Waals surface area contributed by atoms with Gasteiger partial charge >= 0.3 is 6.18 Å². The highest BCUT2D eigenvalue weighted by Gasteiger charge is 2.36. The van der Waals surface area contributed by atoms with Gasteiger partial charge < -0.3 is 4.57 Å². The van der Waals surface area contributed by atoms with Gasteiger partial charge in [-0.05, 0) is 52.0 Å². The molecule has 6 heterocycles. The fourth-order valence-corrected chi connectivity index (χ4v) is 5.51. The number of imidazole rings is 1. The highest BCUT2D eigenvalue weighted by molar-refractivity contribution is 5.20. The van der Waals surface area contributed by atoms with Crippen LogP contribution in [0.3, 0.4) is 0 Å². The Balaban J connectivity index is 0.000000404. The van der Waals surface area contributed by atoms with Gasteiger partial charge in [0.2, 0.25) is 0 Å². The van der Waals surface area contributed by atoms with Crippen molar-refractivity contribution >= 4 is 0 Å². The predicted octanol–water partition coefficient (Wildman–Crippen LogP) is 12.1. The maximum Gasteiger partial charge on any atom is 0.433 e. The second-order valence-electron chi connectivity index (χ2n) is 23.4. The van der Waals surface area contributed by atoms with Gasteiger partial charge in [-0.15, -0.1) is 0 Å². The van der Waals surface area contributed by atoms with Crippen LogP contribution in [-0.4, -0.2) is 64.1 Å². The molecule has 0 bridgehead atoms. The topological polar surface area (TPSA) is 131 Å². The molecule has 6 aromatic heterocycles. The number of halogens is 3. The molecular weight excluding hydrogens is 852 g/mol. The third-order valence-electron chi connectivity index (χ3n) is 10.2. The zero-order valence-electron chi connectivity index (χ0n) is 46.2. The van der Waals surface area contributed by atoms with E-state index in [-0.39, 0.29) is 32.5 Å². The molecule has 1 N–H and O–H groups in total. The number of nitrogens with one attached hydrogen (secondary N) is 1. The number of rotatable bonds is 1. The van der Waals surface area contributed by atoms with Crippen molar-refractivity contribution in [3.63, 3.8) is 0 Å². The highest BCUT2D eigenvalue weighted by Crippen LogP contribution is 2.32. The lowest BCUT2D eigenvalue weighted by molar-refractivity contribution is -0.143. The third kappa shape index (κ3) is 20.4. The second-order valence-corrected chi connectivity index (χ2v) is 23.4. The zero-order valence-corrected chi connectivity index (χ0v) is 46.2. The van der Waals surface area contributed by atoms with Crippen molar-refractivity contribution in [2.75, 3.05) is 0 Å². The Kier molecular flexibility index (Phi) is 20.5. The Morgan fingerprint density at radius 1 is 0.507 bits per heavy atom. The van der Waals surface area contributed by atoms with Crippen LogP contribution in [-0.2, 0) is 73.4 Å². The minimum Gasteiger partial charge on any atom is -0.340 e. The lowest BCUT2D eigenvalue weighted by atomic mass is 9.92. The number of hydrogen-bond acceptors (Lipinski definition) is 7. The van der Waals surface area contributed by atoms with Gasteiger partial charge in [-0.25, -0.2) is 4.98 Å². The van der Waals surface area contributed by atoms with Crippen molar-refractivity contribution in [1.82, 2.24) is 64.1 Å². The van der Waals surface area contributed by atoms with Crippen LogP contribution in [0.15, 0.2) is 43.0 Å². The molecule has 0 fully saturated rings. The largest absolute Gasteiger partial charge is 0.433 e. The van der Waals surface area contributed by atoms with Gasteiger partial charge in [0.05, 0.1) is 46.7 Å². The summed E-state index contributed by atoms with van der Waals surface area (Å²) in [4.78, 5) is 5.83. The molecule has 67 heavy (non-hydrogen) atoms. The van der Waals surface area contributed by atoms with E-state index in [1.165, 1.54) is 24.1 Å². The minimum atomic E-state index is -4.33. The number of aryl methyl sites for hydroxylation is 8. The summed E-state index contributed by atoms with van der Waals surface area (Å²) in [6.07, 6.45) is 1.37. The van der Waals surface area contributed by atoms with E-state index in [0.29, 0.717) is 5.69 Å². The molecule has 0 aliphatic rings. The first-order chi connectivity index (χ1) is 30.0. The quantitative estimate of drug-likeness (QED) is 0.174. The van der Waals surface area contributed by atoms with Crippen LogP contribution in [0, 0.1) is 20.8 Å². The Labute approximate surface area is 401 Å². The average Bonchev–Trinajstić information content (AvgIpc) is 3.99. The molecule has 0 aliphatic carbocycles. The van der Waals surface area contributed by atoms with Crippen LogP contribution in [0.1, 0.15) is 188 Å². The molecule has 0 amide bonds. The van der Waals surface area contributed by atoms with Gasteiger partial charge in [0.1, 0.15) is 5.69 Å². The van der Waals surface area contributed by atoms with Gasteiger partial charge in [0, 0.05) is 90.5 Å². The zero-order chi connectivity index (χ0) is 52.5. The molecule has 378 valence electrons. The summed E-state index contributed by atoms with van der Waals surface area (Å²) in [5.41, 5.74) is 9.46. The van der Waals surface area contributed by atoms with Gasteiger partial charge in [-0.1, -0.05) is 125 Å². The van der Waals surface area contributed by atoms with Crippen LogP contribution in [0.5, 0.6) is 0 Å². The van der Waals surface area contributed by atoms with Crippen LogP contribution >= 0.6 is 0 Å². The first-order valence-corrected chi connectivity index (χ1v) is 23.0. The van der Waals surface area contributed by atoms with Crippen LogP contribution in [0.25, 0.3) is 0 Å². The Morgan fingerprint density at radius 3 is 1.15 bits per heavy atom. The van der Waals surface area contributed by atoms with Gasteiger partial charge in [-0.2, -0.15) is 48.6 Å². The van der Waals surface area contributed by atoms with Gasteiger partial charge in [0.15, 0.2) is 0 Å². The fourth-order valence-electron chi connectivity index (χ4n) is 5.51. The minimum absolute atomic E-state index is 0.119. The Morgan fingerprint density at radius 2 is 0.940 bits per heavy atom. The molecule has 0 unspecified atom stereocenters. The normalized spacial score (nSPS) is 12.3. The molecule has 6 rings (SSSR count). The summed E-state index contributed by atoms with van der Waals surface area (Å²) < 4.78 is 44.0. The van der Waals surface area contributed by atoms with E-state index in [4.69, 9.17) is 0 Å². The first kappa shape index (κ1) is 60.0. The molecule has 6 aromatic rings. The molecule has 0 aromatic carbocycles. The van der Waals surface area contributed by atoms with E-state index in [1.807, 2.05) is 69.1 Å². The standard InChI is InChI=1S/C10H18N2.C9H13F3N2.C9H16N2.2C8H14N2.C7H13N3/c1-6-12-8(2)7-9(11-12)10(3,4)5;1-8(2,3)6-5-7(9(10,11)12)14(4)13-6;1-7-6-8(9(2,3)4)10-11(7)5;1-8(2,3)7-5-10(4)6-9-7;1-6-5-7(10-9-6)8(2,3)4;1-7(2,3)6-5-8-10(4)9-6/h7H,6H2,1-5H3;5H,1-4H3;6H,1-5H3;5-6H,1-4H3;5H,1-4H3,(H,9,10);5H,1-4H3. The number of aromatic amines is 1. The maximum absolute atomic E-state index is 12.4. The summed E-state index contributed by atoms with van der Waals surface area (Å²) in [5.74, 6) is 0. The number of aromatic nitrogens is 13. The van der Waals surface area contributed by atoms with Crippen molar-refractivity contribution in [1.29, 1.82) is 0 Å². The first-order valence-electron chi connectivity index (χ1n) is 23.0. The van der Waals surface area contributed by atoms with Crippen LogP contribution in [0.2, 0.25) is 0 Å². The number of alkyl halides is 3. The second kappa shape index (κ2) is 22.9. The SMILES string of the molecule is CCn1nc(C(C)(C)C)cc1C.Cc1cc(C(C)(C)C)n[nH]1.Cc1cc(C(C)(C)C)nn1C.Cn1cnc(C(C)(C)C)c1.Cn1nc(C(C)(C)C)cc1C(F)(F)F.Cn1ncc(C(C)(C)C)n1. The summed E-state index contributed by atoms with van der Waals surface area (Å²) in [7, 11) is 7.10. The Bertz CT molecular complexity index is 2230. The summed E-state index contributed by atoms with van der Waals surface area (Å²) >= 11 is 0. The van der Waals surface area contributed by atoms with Crippen LogP contribution in [0.4, 0.5) is 13.2 Å². The van der Waals surface area contributed by atoms with Crippen molar-refractivity contribution in [2.45, 2.75) is 198 Å². The molecule has 0 saturated heterocycles. The van der Waals surface area contributed by atoms with E-state index < -0.39 is 11.9 Å². The molecule has 0 radical (unpaired) electrons. The monoisotopic (exact) mass is 940 g/mol. The lowest BCUT2D eigenvalue weighted by Gasteiger charge is -2.14. The highest BCUT2D eigenvalue weighted by atomic mass is 19.4. The number of nitrogens with zero attached hydrogens (tertiary/aromatic N) is 12. The fraction of sp³-hybridized carbons (Fsp3) is 0.667. The third-order valence-corrected chi connectivity index (χ3v) is 10.2. The summed E-state index contributed by atoms with van der Waals surface area (Å²) in [5, 5.41) is 28.0. The molecule has 0 spiro atoms. The van der Waals surface area contributed by atoms with Crippen molar-refractivity contribution < 1.29 is 13.2 Å².